The lowest BCUT2D eigenvalue weighted by Gasteiger charge is -2.19. The Morgan fingerprint density at radius 1 is 1.26 bits per heavy atom. The average Bonchev–Trinajstić information content (AvgIpc) is 3.23. The Morgan fingerprint density at radius 3 is 2.71 bits per heavy atom. The number of nitrogens with one attached hydrogen (secondary N) is 2. The van der Waals surface area contributed by atoms with Crippen molar-refractivity contribution < 1.29 is 22.6 Å². The molecular weight excluding hydrogens is 465 g/mol. The van der Waals surface area contributed by atoms with E-state index in [4.69, 9.17) is 9.47 Å². The van der Waals surface area contributed by atoms with E-state index in [1.165, 1.54) is 7.11 Å². The molecule has 1 aliphatic rings. The molecule has 0 saturated carbocycles. The first-order chi connectivity index (χ1) is 16.7. The number of methoxy groups -OCH3 is 1. The molecule has 0 aliphatic carbocycles. The molecule has 2 N–H and O–H groups in total. The summed E-state index contributed by atoms with van der Waals surface area (Å²) in [5.41, 5.74) is -0.446. The van der Waals surface area contributed by atoms with Crippen LogP contribution in [0.5, 0.6) is 5.75 Å². The van der Waals surface area contributed by atoms with E-state index in [0.717, 1.165) is 41.9 Å². The molecule has 0 fully saturated rings. The van der Waals surface area contributed by atoms with E-state index in [-0.39, 0.29) is 25.4 Å². The van der Waals surface area contributed by atoms with Crippen LogP contribution >= 0.6 is 0 Å². The Labute approximate surface area is 199 Å². The van der Waals surface area contributed by atoms with Crippen molar-refractivity contribution >= 4 is 5.69 Å². The van der Waals surface area contributed by atoms with Crippen molar-refractivity contribution in [3.8, 4) is 5.75 Å². The second-order valence-electron chi connectivity index (χ2n) is 8.33. The van der Waals surface area contributed by atoms with Crippen molar-refractivity contribution in [2.45, 2.75) is 45.4 Å². The number of anilines is 1. The van der Waals surface area contributed by atoms with Gasteiger partial charge in [0, 0.05) is 19.1 Å². The Hall–Kier alpha value is -3.38. The molecule has 0 bridgehead atoms. The third kappa shape index (κ3) is 6.01. The summed E-state index contributed by atoms with van der Waals surface area (Å²) in [4.78, 5) is 12.7. The van der Waals surface area contributed by atoms with Gasteiger partial charge in [-0.1, -0.05) is 12.1 Å². The summed E-state index contributed by atoms with van der Waals surface area (Å²) >= 11 is 0. The fraction of sp³-hybridized carbons (Fsp3) is 0.435. The SMILES string of the molecule is COc1ccc(Cn2ncc(N[C@@H](C)COCc3cc4n(n3)CCNC4)c(C(F)(F)F)c2=O)cc1. The summed E-state index contributed by atoms with van der Waals surface area (Å²) in [6, 6.07) is 8.10. The molecule has 12 heteroatoms. The maximum absolute atomic E-state index is 13.8. The lowest BCUT2D eigenvalue weighted by atomic mass is 10.2. The van der Waals surface area contributed by atoms with Crippen molar-refractivity contribution in [1.82, 2.24) is 24.9 Å². The highest BCUT2D eigenvalue weighted by atomic mass is 19.4. The number of alkyl halides is 3. The fourth-order valence-electron chi connectivity index (χ4n) is 3.86. The van der Waals surface area contributed by atoms with E-state index in [1.807, 2.05) is 10.7 Å². The maximum atomic E-state index is 13.8. The number of nitrogens with zero attached hydrogens (tertiary/aromatic N) is 4. The summed E-state index contributed by atoms with van der Waals surface area (Å²) in [5, 5.41) is 14.4. The van der Waals surface area contributed by atoms with Gasteiger partial charge in [-0.3, -0.25) is 9.48 Å². The molecule has 3 aromatic rings. The lowest BCUT2D eigenvalue weighted by molar-refractivity contribution is -0.138. The maximum Gasteiger partial charge on any atom is 0.423 e. The van der Waals surface area contributed by atoms with Crippen LogP contribution in [-0.4, -0.2) is 45.9 Å². The highest BCUT2D eigenvalue weighted by Crippen LogP contribution is 2.32. The predicted molar refractivity (Wildman–Crippen MR) is 122 cm³/mol. The molecule has 35 heavy (non-hydrogen) atoms. The molecule has 188 valence electrons. The van der Waals surface area contributed by atoms with Crippen LogP contribution in [0.2, 0.25) is 0 Å². The Balaban J connectivity index is 1.42. The standard InChI is InChI=1S/C23H27F3N6O3/c1-15(13-35-14-17-9-18-10-27-7-8-31(18)30-17)29-20-11-28-32(22(33)21(20)23(24,25)26)12-16-3-5-19(34-2)6-4-16/h3-6,9,11,15,27,29H,7-8,10,12-14H2,1-2H3/t15-/m0/s1. The number of fused-ring (bicyclic) bond motifs is 1. The second kappa shape index (κ2) is 10.5. The first-order valence-electron chi connectivity index (χ1n) is 11.2. The van der Waals surface area contributed by atoms with Crippen LogP contribution in [0.4, 0.5) is 18.9 Å². The zero-order chi connectivity index (χ0) is 25.0. The number of aromatic nitrogens is 4. The third-order valence-corrected chi connectivity index (χ3v) is 5.56. The number of hydrogen-bond donors (Lipinski definition) is 2. The van der Waals surface area contributed by atoms with Crippen molar-refractivity contribution in [3.05, 3.63) is 69.4 Å². The first kappa shape index (κ1) is 24.7. The molecule has 4 rings (SSSR count). The fourth-order valence-corrected chi connectivity index (χ4v) is 3.86. The van der Waals surface area contributed by atoms with E-state index < -0.39 is 23.3 Å². The Morgan fingerprint density at radius 2 is 2.03 bits per heavy atom. The molecule has 0 amide bonds. The molecule has 9 nitrogen and oxygen atoms in total. The minimum absolute atomic E-state index is 0.102. The van der Waals surface area contributed by atoms with Crippen LogP contribution < -0.4 is 20.9 Å². The smallest absolute Gasteiger partial charge is 0.423 e. The molecule has 1 aliphatic heterocycles. The average molecular weight is 493 g/mol. The van der Waals surface area contributed by atoms with E-state index in [2.05, 4.69) is 20.8 Å². The number of benzene rings is 1. The number of rotatable bonds is 9. The summed E-state index contributed by atoms with van der Waals surface area (Å²) in [7, 11) is 1.51. The molecule has 2 aromatic heterocycles. The highest BCUT2D eigenvalue weighted by Gasteiger charge is 2.38. The van der Waals surface area contributed by atoms with Gasteiger partial charge in [0.1, 0.15) is 11.3 Å². The molecule has 1 atom stereocenters. The predicted octanol–water partition coefficient (Wildman–Crippen LogP) is 2.64. The van der Waals surface area contributed by atoms with Gasteiger partial charge in [0.2, 0.25) is 0 Å². The zero-order valence-electron chi connectivity index (χ0n) is 19.4. The Bertz CT molecular complexity index is 1180. The van der Waals surface area contributed by atoms with E-state index in [1.54, 1.807) is 31.2 Å². The van der Waals surface area contributed by atoms with Crippen LogP contribution in [0.15, 0.2) is 41.3 Å². The van der Waals surface area contributed by atoms with Gasteiger partial charge in [0.05, 0.1) is 56.7 Å². The van der Waals surface area contributed by atoms with Gasteiger partial charge in [-0.05, 0) is 30.7 Å². The van der Waals surface area contributed by atoms with Gasteiger partial charge in [-0.15, -0.1) is 0 Å². The summed E-state index contributed by atoms with van der Waals surface area (Å²) < 4.78 is 54.9. The zero-order valence-corrected chi connectivity index (χ0v) is 19.4. The van der Waals surface area contributed by atoms with Crippen LogP contribution in [-0.2, 0) is 37.2 Å². The quantitative estimate of drug-likeness (QED) is 0.474. The normalized spacial score (nSPS) is 14.4. The minimum atomic E-state index is -4.85. The molecule has 0 saturated heterocycles. The van der Waals surface area contributed by atoms with Gasteiger partial charge in [0.25, 0.3) is 5.56 Å². The number of halogens is 3. The van der Waals surface area contributed by atoms with Crippen molar-refractivity contribution in [2.24, 2.45) is 0 Å². The second-order valence-corrected chi connectivity index (χ2v) is 8.33. The van der Waals surface area contributed by atoms with E-state index >= 15 is 0 Å². The van der Waals surface area contributed by atoms with Crippen molar-refractivity contribution in [2.75, 3.05) is 25.6 Å². The molecule has 3 heterocycles. The van der Waals surface area contributed by atoms with Crippen molar-refractivity contribution in [3.63, 3.8) is 0 Å². The molecule has 0 radical (unpaired) electrons. The molecule has 0 unspecified atom stereocenters. The highest BCUT2D eigenvalue weighted by molar-refractivity contribution is 5.50. The topological polar surface area (TPSA) is 95.2 Å². The third-order valence-electron chi connectivity index (χ3n) is 5.56. The van der Waals surface area contributed by atoms with Gasteiger partial charge < -0.3 is 20.1 Å². The van der Waals surface area contributed by atoms with Crippen molar-refractivity contribution in [1.29, 1.82) is 0 Å². The molecule has 1 aromatic carbocycles. The van der Waals surface area contributed by atoms with E-state index in [0.29, 0.717) is 11.3 Å². The van der Waals surface area contributed by atoms with E-state index in [9.17, 15) is 18.0 Å². The number of hydrogen-bond acceptors (Lipinski definition) is 7. The molecular formula is C23H27F3N6O3. The van der Waals surface area contributed by atoms with Gasteiger partial charge in [-0.25, -0.2) is 4.68 Å². The van der Waals surface area contributed by atoms with Gasteiger partial charge >= 0.3 is 6.18 Å². The monoisotopic (exact) mass is 492 g/mol. The summed E-state index contributed by atoms with van der Waals surface area (Å²) in [6.07, 6.45) is -3.82. The van der Waals surface area contributed by atoms with Crippen LogP contribution in [0.3, 0.4) is 0 Å². The largest absolute Gasteiger partial charge is 0.497 e. The van der Waals surface area contributed by atoms with Crippen LogP contribution in [0, 0.1) is 0 Å². The van der Waals surface area contributed by atoms with Crippen LogP contribution in [0.1, 0.15) is 29.4 Å². The lowest BCUT2D eigenvalue weighted by Crippen LogP contribution is -2.34. The molecule has 0 spiro atoms. The summed E-state index contributed by atoms with van der Waals surface area (Å²) in [6.45, 7) is 4.30. The summed E-state index contributed by atoms with van der Waals surface area (Å²) in [5.74, 6) is 0.602. The number of ether oxygens (including phenoxy) is 2. The minimum Gasteiger partial charge on any atom is -0.497 e. The Kier molecular flexibility index (Phi) is 7.41. The first-order valence-corrected chi connectivity index (χ1v) is 11.2. The van der Waals surface area contributed by atoms with Crippen LogP contribution in [0.25, 0.3) is 0 Å². The van der Waals surface area contributed by atoms with Gasteiger partial charge in [-0.2, -0.15) is 23.4 Å². The van der Waals surface area contributed by atoms with Gasteiger partial charge in [0.15, 0.2) is 0 Å².